The molecule has 0 aliphatic carbocycles. The summed E-state index contributed by atoms with van der Waals surface area (Å²) in [4.78, 5) is 27.3. The average molecular weight is 360 g/mol. The number of benzene rings is 1. The Morgan fingerprint density at radius 1 is 1.25 bits per heavy atom. The summed E-state index contributed by atoms with van der Waals surface area (Å²) in [5, 5.41) is 8.78. The fourth-order valence-corrected chi connectivity index (χ4v) is 3.11. The van der Waals surface area contributed by atoms with Gasteiger partial charge in [0.15, 0.2) is 16.0 Å². The van der Waals surface area contributed by atoms with Gasteiger partial charge in [0.05, 0.1) is 16.5 Å². The molecule has 0 saturated carbocycles. The Labute approximate surface area is 146 Å². The van der Waals surface area contributed by atoms with Crippen LogP contribution in [0, 0.1) is 0 Å². The molecule has 2 amide bonds. The van der Waals surface area contributed by atoms with Crippen LogP contribution in [0.1, 0.15) is 17.5 Å². The van der Waals surface area contributed by atoms with Crippen LogP contribution in [0.25, 0.3) is 10.2 Å². The zero-order valence-corrected chi connectivity index (χ0v) is 14.1. The van der Waals surface area contributed by atoms with Gasteiger partial charge in [-0.1, -0.05) is 11.3 Å². The molecule has 122 valence electrons. The van der Waals surface area contributed by atoms with Gasteiger partial charge in [0.2, 0.25) is 5.91 Å². The number of thiocarbonyl (C=S) groups is 1. The monoisotopic (exact) mass is 360 g/mol. The van der Waals surface area contributed by atoms with Crippen molar-refractivity contribution in [2.24, 2.45) is 0 Å². The Morgan fingerprint density at radius 2 is 2.08 bits per heavy atom. The molecule has 2 heterocycles. The third-order valence-electron chi connectivity index (χ3n) is 2.90. The van der Waals surface area contributed by atoms with Gasteiger partial charge < -0.3 is 15.1 Å². The number of thiazole rings is 1. The fourth-order valence-electron chi connectivity index (χ4n) is 1.94. The number of furan rings is 1. The maximum Gasteiger partial charge on any atom is 0.293 e. The number of hydrogen-bond acceptors (Lipinski definition) is 6. The van der Waals surface area contributed by atoms with E-state index >= 15 is 0 Å². The summed E-state index contributed by atoms with van der Waals surface area (Å²) in [6, 6.07) is 8.64. The Kier molecular flexibility index (Phi) is 4.54. The third-order valence-corrected chi connectivity index (χ3v) is 4.04. The second kappa shape index (κ2) is 6.77. The van der Waals surface area contributed by atoms with Crippen LogP contribution in [0.4, 0.5) is 10.8 Å². The number of hydrogen-bond donors (Lipinski definition) is 3. The number of amides is 2. The van der Waals surface area contributed by atoms with Crippen molar-refractivity contribution in [1.29, 1.82) is 0 Å². The Balaban J connectivity index is 1.75. The molecule has 0 radical (unpaired) electrons. The second-order valence-corrected chi connectivity index (χ2v) is 6.21. The van der Waals surface area contributed by atoms with Crippen molar-refractivity contribution >= 4 is 61.5 Å². The molecule has 3 aromatic rings. The highest BCUT2D eigenvalue weighted by Crippen LogP contribution is 2.28. The molecular formula is C15H12N4O3S2. The van der Waals surface area contributed by atoms with Crippen LogP contribution < -0.4 is 16.0 Å². The smallest absolute Gasteiger partial charge is 0.293 e. The van der Waals surface area contributed by atoms with Crippen molar-refractivity contribution in [3.05, 3.63) is 42.4 Å². The van der Waals surface area contributed by atoms with Crippen LogP contribution in [0.2, 0.25) is 0 Å². The quantitative estimate of drug-likeness (QED) is 0.622. The minimum absolute atomic E-state index is 0.220. The van der Waals surface area contributed by atoms with Crippen LogP contribution in [-0.2, 0) is 4.79 Å². The van der Waals surface area contributed by atoms with Crippen LogP contribution in [0.5, 0.6) is 0 Å². The van der Waals surface area contributed by atoms with E-state index in [1.54, 1.807) is 24.3 Å². The highest BCUT2D eigenvalue weighted by atomic mass is 32.1. The molecule has 24 heavy (non-hydrogen) atoms. The van der Waals surface area contributed by atoms with E-state index in [0.29, 0.717) is 10.8 Å². The normalized spacial score (nSPS) is 10.4. The number of nitrogens with zero attached hydrogens (tertiary/aromatic N) is 1. The third kappa shape index (κ3) is 3.76. The number of anilines is 2. The number of rotatable bonds is 3. The molecular weight excluding hydrogens is 348 g/mol. The number of carbonyl (C=O) groups excluding carboxylic acids is 2. The van der Waals surface area contributed by atoms with Crippen LogP contribution in [-0.4, -0.2) is 21.9 Å². The molecule has 0 bridgehead atoms. The summed E-state index contributed by atoms with van der Waals surface area (Å²) in [6.07, 6.45) is 1.43. The second-order valence-electron chi connectivity index (χ2n) is 4.77. The molecule has 2 aromatic heterocycles. The minimum atomic E-state index is -0.357. The van der Waals surface area contributed by atoms with E-state index in [4.69, 9.17) is 16.6 Å². The summed E-state index contributed by atoms with van der Waals surface area (Å²) in [5.41, 5.74) is 1.46. The molecule has 1 aromatic carbocycles. The van der Waals surface area contributed by atoms with E-state index in [0.717, 1.165) is 10.2 Å². The Bertz CT molecular complexity index is 918. The number of fused-ring (bicyclic) bond motifs is 1. The average Bonchev–Trinajstić information content (AvgIpc) is 3.14. The standard InChI is InChI=1S/C15H12N4O3S2/c1-8(20)16-14(23)17-9-4-5-10-12(7-9)24-15(18-10)19-13(21)11-3-2-6-22-11/h2-7H,1H3,(H,18,19,21)(H2,16,17,20,23). The van der Waals surface area contributed by atoms with Gasteiger partial charge in [-0.15, -0.1) is 0 Å². The summed E-state index contributed by atoms with van der Waals surface area (Å²) in [6.45, 7) is 1.38. The van der Waals surface area contributed by atoms with Crippen LogP contribution in [0.15, 0.2) is 41.0 Å². The van der Waals surface area contributed by atoms with E-state index in [9.17, 15) is 9.59 Å². The molecule has 0 atom stereocenters. The Hall–Kier alpha value is -2.78. The molecule has 0 fully saturated rings. The van der Waals surface area contributed by atoms with Crippen molar-refractivity contribution in [2.75, 3.05) is 10.6 Å². The SMILES string of the molecule is CC(=O)NC(=S)Nc1ccc2nc(NC(=O)c3ccco3)sc2c1. The first-order valence-corrected chi connectivity index (χ1v) is 8.08. The topological polar surface area (TPSA) is 96.3 Å². The molecule has 3 rings (SSSR count). The predicted molar refractivity (Wildman–Crippen MR) is 96.3 cm³/mol. The van der Waals surface area contributed by atoms with Gasteiger partial charge >= 0.3 is 0 Å². The zero-order chi connectivity index (χ0) is 17.1. The van der Waals surface area contributed by atoms with Crippen molar-refractivity contribution in [2.45, 2.75) is 6.92 Å². The van der Waals surface area contributed by atoms with Crippen molar-refractivity contribution in [1.82, 2.24) is 10.3 Å². The summed E-state index contributed by atoms with van der Waals surface area (Å²) >= 11 is 6.34. The predicted octanol–water partition coefficient (Wildman–Crippen LogP) is 2.97. The van der Waals surface area contributed by atoms with E-state index in [1.807, 2.05) is 6.07 Å². The largest absolute Gasteiger partial charge is 0.459 e. The lowest BCUT2D eigenvalue weighted by molar-refractivity contribution is -0.117. The lowest BCUT2D eigenvalue weighted by Crippen LogP contribution is -2.32. The van der Waals surface area contributed by atoms with E-state index in [2.05, 4.69) is 20.9 Å². The van der Waals surface area contributed by atoms with Gasteiger partial charge in [0.25, 0.3) is 5.91 Å². The highest BCUT2D eigenvalue weighted by molar-refractivity contribution is 7.80. The van der Waals surface area contributed by atoms with Gasteiger partial charge in [0, 0.05) is 12.6 Å². The Morgan fingerprint density at radius 3 is 2.79 bits per heavy atom. The first-order valence-electron chi connectivity index (χ1n) is 6.85. The number of nitrogens with one attached hydrogen (secondary N) is 3. The van der Waals surface area contributed by atoms with Crippen LogP contribution >= 0.6 is 23.6 Å². The molecule has 0 unspecified atom stereocenters. The first-order chi connectivity index (χ1) is 11.5. The molecule has 3 N–H and O–H groups in total. The maximum absolute atomic E-state index is 12.0. The van der Waals surface area contributed by atoms with Gasteiger partial charge in [0.1, 0.15) is 0 Å². The lowest BCUT2D eigenvalue weighted by Gasteiger charge is -2.07. The molecule has 0 saturated heterocycles. The minimum Gasteiger partial charge on any atom is -0.459 e. The van der Waals surface area contributed by atoms with Gasteiger partial charge in [-0.3, -0.25) is 14.9 Å². The van der Waals surface area contributed by atoms with Gasteiger partial charge in [-0.05, 0) is 42.5 Å². The van der Waals surface area contributed by atoms with E-state index in [-0.39, 0.29) is 22.7 Å². The van der Waals surface area contributed by atoms with Crippen LogP contribution in [0.3, 0.4) is 0 Å². The summed E-state index contributed by atoms with van der Waals surface area (Å²) in [5.74, 6) is -0.379. The van der Waals surface area contributed by atoms with E-state index in [1.165, 1.54) is 24.5 Å². The summed E-state index contributed by atoms with van der Waals surface area (Å²) < 4.78 is 5.90. The van der Waals surface area contributed by atoms with Crippen molar-refractivity contribution in [3.8, 4) is 0 Å². The zero-order valence-electron chi connectivity index (χ0n) is 12.5. The van der Waals surface area contributed by atoms with Gasteiger partial charge in [-0.2, -0.15) is 0 Å². The molecule has 0 aliphatic rings. The molecule has 9 heteroatoms. The number of carbonyl (C=O) groups is 2. The lowest BCUT2D eigenvalue weighted by atomic mass is 10.3. The molecule has 0 aliphatic heterocycles. The van der Waals surface area contributed by atoms with Crippen molar-refractivity contribution in [3.63, 3.8) is 0 Å². The molecule has 0 spiro atoms. The van der Waals surface area contributed by atoms with E-state index < -0.39 is 0 Å². The summed E-state index contributed by atoms with van der Waals surface area (Å²) in [7, 11) is 0. The van der Waals surface area contributed by atoms with Gasteiger partial charge in [-0.25, -0.2) is 4.98 Å². The fraction of sp³-hybridized carbons (Fsp3) is 0.0667. The van der Waals surface area contributed by atoms with Crippen molar-refractivity contribution < 1.29 is 14.0 Å². The maximum atomic E-state index is 12.0. The highest BCUT2D eigenvalue weighted by Gasteiger charge is 2.12. The first kappa shape index (κ1) is 16.1. The number of aromatic nitrogens is 1. The molecule has 7 nitrogen and oxygen atoms in total.